The van der Waals surface area contributed by atoms with E-state index in [1.807, 2.05) is 25.5 Å². The second kappa shape index (κ2) is 5.11. The fourth-order valence-corrected chi connectivity index (χ4v) is 2.20. The number of piperidine rings is 1. The molecule has 0 spiro atoms. The summed E-state index contributed by atoms with van der Waals surface area (Å²) in [4.78, 5) is 24.1. The number of ether oxygens (including phenoxy) is 1. The number of likely N-dealkylation sites (tertiary alicyclic amines) is 1. The van der Waals surface area contributed by atoms with E-state index in [1.54, 1.807) is 11.1 Å². The lowest BCUT2D eigenvalue weighted by Crippen LogP contribution is -2.42. The van der Waals surface area contributed by atoms with Crippen LogP contribution in [0.4, 0.5) is 4.79 Å². The summed E-state index contributed by atoms with van der Waals surface area (Å²) < 4.78 is 7.29. The Morgan fingerprint density at radius 1 is 1.42 bits per heavy atom. The third-order valence-corrected chi connectivity index (χ3v) is 3.17. The van der Waals surface area contributed by atoms with Crippen LogP contribution >= 0.6 is 0 Å². The Labute approximate surface area is 112 Å². The maximum absolute atomic E-state index is 11.9. The van der Waals surface area contributed by atoms with Gasteiger partial charge < -0.3 is 9.64 Å². The molecule has 0 aromatic carbocycles. The van der Waals surface area contributed by atoms with Gasteiger partial charge in [0.05, 0.1) is 6.04 Å². The maximum Gasteiger partial charge on any atom is 0.410 e. The molecular weight excluding hydrogens is 246 g/mol. The molecule has 2 rings (SSSR count). The van der Waals surface area contributed by atoms with Crippen LogP contribution in [0.2, 0.25) is 0 Å². The van der Waals surface area contributed by atoms with Gasteiger partial charge in [0.1, 0.15) is 11.3 Å². The van der Waals surface area contributed by atoms with Gasteiger partial charge in [-0.2, -0.15) is 0 Å². The third-order valence-electron chi connectivity index (χ3n) is 3.17. The van der Waals surface area contributed by atoms with E-state index in [0.717, 1.165) is 19.1 Å². The first-order chi connectivity index (χ1) is 8.89. The van der Waals surface area contributed by atoms with E-state index < -0.39 is 5.60 Å². The lowest BCUT2D eigenvalue weighted by molar-refractivity contribution is 0.0182. The first-order valence-electron chi connectivity index (χ1n) is 6.59. The number of H-pyrrole nitrogens is 1. The number of aldehydes is 1. The predicted molar refractivity (Wildman–Crippen MR) is 70.2 cm³/mol. The molecule has 2 heterocycles. The molecule has 1 aliphatic heterocycles. The van der Waals surface area contributed by atoms with Crippen molar-refractivity contribution in [2.45, 2.75) is 45.3 Å². The van der Waals surface area contributed by atoms with Gasteiger partial charge in [-0.1, -0.05) is 0 Å². The molecule has 0 saturated carbocycles. The first-order valence-corrected chi connectivity index (χ1v) is 6.59. The number of hydrogen-bond donors (Lipinski definition) is 1. The molecule has 1 fully saturated rings. The number of aromatic amines is 1. The molecule has 19 heavy (non-hydrogen) atoms. The summed E-state index contributed by atoms with van der Waals surface area (Å²) in [5.41, 5.74) is 0.156. The van der Waals surface area contributed by atoms with Crippen LogP contribution in [0.1, 0.15) is 50.1 Å². The Bertz CT molecular complexity index is 435. The summed E-state index contributed by atoms with van der Waals surface area (Å²) in [5.74, 6) is 0. The van der Waals surface area contributed by atoms with Crippen LogP contribution in [-0.4, -0.2) is 45.8 Å². The zero-order valence-electron chi connectivity index (χ0n) is 11.7. The summed E-state index contributed by atoms with van der Waals surface area (Å²) >= 11 is 0. The van der Waals surface area contributed by atoms with Crippen LogP contribution in [0, 0.1) is 0 Å². The van der Waals surface area contributed by atoms with Gasteiger partial charge >= 0.3 is 6.09 Å². The highest BCUT2D eigenvalue weighted by molar-refractivity contribution is 5.71. The van der Waals surface area contributed by atoms with E-state index in [9.17, 15) is 9.59 Å². The molecule has 0 radical (unpaired) electrons. The Hall–Kier alpha value is -1.72. The largest absolute Gasteiger partial charge is 0.444 e. The second-order valence-corrected chi connectivity index (χ2v) is 5.92. The molecule has 1 N–H and O–H groups in total. The number of hydrogen-bond acceptors (Lipinski definition) is 3. The lowest BCUT2D eigenvalue weighted by Gasteiger charge is -2.35. The number of amides is 1. The van der Waals surface area contributed by atoms with Gasteiger partial charge in [-0.15, -0.1) is 0 Å². The fourth-order valence-electron chi connectivity index (χ4n) is 2.20. The molecule has 1 amide bonds. The van der Waals surface area contributed by atoms with Gasteiger partial charge in [0.15, 0.2) is 6.29 Å². The second-order valence-electron chi connectivity index (χ2n) is 5.92. The average molecular weight is 267 g/mol. The van der Waals surface area contributed by atoms with Gasteiger partial charge in [-0.05, 0) is 33.6 Å². The van der Waals surface area contributed by atoms with E-state index in [4.69, 9.17) is 4.74 Å². The van der Waals surface area contributed by atoms with E-state index in [-0.39, 0.29) is 6.09 Å². The van der Waals surface area contributed by atoms with Crippen molar-refractivity contribution in [2.75, 3.05) is 13.1 Å². The molecule has 1 aromatic heterocycles. The van der Waals surface area contributed by atoms with Crippen molar-refractivity contribution in [3.63, 3.8) is 0 Å². The SMILES string of the molecule is CC(C)(C)OC(=O)N1CCC(n2cc(C=O)[nH]2)CC1. The van der Waals surface area contributed by atoms with Crippen LogP contribution < -0.4 is 0 Å². The van der Waals surface area contributed by atoms with Crippen LogP contribution in [-0.2, 0) is 4.74 Å². The minimum atomic E-state index is -0.450. The molecule has 6 nitrogen and oxygen atoms in total. The summed E-state index contributed by atoms with van der Waals surface area (Å²) in [5, 5.41) is 2.97. The van der Waals surface area contributed by atoms with Crippen LogP contribution in [0.25, 0.3) is 0 Å². The highest BCUT2D eigenvalue weighted by Gasteiger charge is 2.27. The van der Waals surface area contributed by atoms with Crippen LogP contribution in [0.15, 0.2) is 6.20 Å². The van der Waals surface area contributed by atoms with Gasteiger partial charge in [0.25, 0.3) is 0 Å². The summed E-state index contributed by atoms with van der Waals surface area (Å²) in [7, 11) is 0. The Balaban J connectivity index is 1.82. The minimum Gasteiger partial charge on any atom is -0.444 e. The molecule has 1 saturated heterocycles. The Kier molecular flexibility index (Phi) is 3.68. The maximum atomic E-state index is 11.9. The number of carbonyl (C=O) groups is 2. The zero-order chi connectivity index (χ0) is 14.0. The third kappa shape index (κ3) is 3.39. The van der Waals surface area contributed by atoms with Crippen molar-refractivity contribution in [2.24, 2.45) is 0 Å². The number of nitrogens with zero attached hydrogens (tertiary/aromatic N) is 2. The molecule has 0 aliphatic carbocycles. The van der Waals surface area contributed by atoms with Crippen LogP contribution in [0.3, 0.4) is 0 Å². The molecule has 1 aliphatic rings. The lowest BCUT2D eigenvalue weighted by atomic mass is 10.1. The summed E-state index contributed by atoms with van der Waals surface area (Å²) in [6.07, 6.45) is 4.10. The number of nitrogens with one attached hydrogen (secondary N) is 1. The normalized spacial score (nSPS) is 17.5. The number of aromatic nitrogens is 2. The monoisotopic (exact) mass is 267 g/mol. The average Bonchev–Trinajstić information content (AvgIpc) is 2.26. The number of carbonyl (C=O) groups excluding carboxylic acids is 2. The van der Waals surface area contributed by atoms with Gasteiger partial charge in [-0.3, -0.25) is 14.6 Å². The standard InChI is InChI=1S/C13H21N3O3/c1-13(2,3)19-12(18)15-6-4-11(5-7-15)16-8-10(9-17)14-16/h8-9,11,14H,4-7H2,1-3H3. The molecular formula is C13H21N3O3. The predicted octanol–water partition coefficient (Wildman–Crippen LogP) is 2.20. The highest BCUT2D eigenvalue weighted by atomic mass is 16.6. The van der Waals surface area contributed by atoms with Crippen molar-refractivity contribution in [3.8, 4) is 0 Å². The zero-order valence-corrected chi connectivity index (χ0v) is 11.7. The van der Waals surface area contributed by atoms with Gasteiger partial charge in [0.2, 0.25) is 0 Å². The molecule has 106 valence electrons. The molecule has 0 atom stereocenters. The number of rotatable bonds is 2. The van der Waals surface area contributed by atoms with Crippen molar-refractivity contribution < 1.29 is 14.3 Å². The molecule has 0 bridgehead atoms. The Morgan fingerprint density at radius 2 is 2.00 bits per heavy atom. The smallest absolute Gasteiger partial charge is 0.410 e. The van der Waals surface area contributed by atoms with E-state index >= 15 is 0 Å². The molecule has 1 aromatic rings. The highest BCUT2D eigenvalue weighted by Crippen LogP contribution is 2.24. The van der Waals surface area contributed by atoms with Crippen molar-refractivity contribution in [1.29, 1.82) is 0 Å². The van der Waals surface area contributed by atoms with Crippen molar-refractivity contribution >= 4 is 12.4 Å². The topological polar surface area (TPSA) is 67.3 Å². The van der Waals surface area contributed by atoms with Gasteiger partial charge in [-0.25, -0.2) is 4.79 Å². The minimum absolute atomic E-state index is 0.244. The van der Waals surface area contributed by atoms with Crippen LogP contribution in [0.5, 0.6) is 0 Å². The summed E-state index contributed by atoms with van der Waals surface area (Å²) in [6.45, 7) is 6.97. The van der Waals surface area contributed by atoms with Crippen molar-refractivity contribution in [1.82, 2.24) is 14.7 Å². The van der Waals surface area contributed by atoms with Gasteiger partial charge in [0, 0.05) is 19.3 Å². The van der Waals surface area contributed by atoms with Crippen molar-refractivity contribution in [3.05, 3.63) is 11.9 Å². The summed E-state index contributed by atoms with van der Waals surface area (Å²) in [6, 6.07) is 0.336. The fraction of sp³-hybridized carbons (Fsp3) is 0.692. The first kappa shape index (κ1) is 13.7. The molecule has 6 heteroatoms. The van der Waals surface area contributed by atoms with E-state index in [0.29, 0.717) is 24.8 Å². The molecule has 0 unspecified atom stereocenters. The Morgan fingerprint density at radius 3 is 2.47 bits per heavy atom. The van der Waals surface area contributed by atoms with E-state index in [1.165, 1.54) is 0 Å². The quantitative estimate of drug-likeness (QED) is 0.835. The van der Waals surface area contributed by atoms with E-state index in [2.05, 4.69) is 5.10 Å².